The first kappa shape index (κ1) is 18.1. The van der Waals surface area contributed by atoms with Gasteiger partial charge in [-0.1, -0.05) is 59.8 Å². The van der Waals surface area contributed by atoms with Crippen LogP contribution in [0.15, 0.2) is 83.6 Å². The van der Waals surface area contributed by atoms with Crippen molar-refractivity contribution in [1.29, 1.82) is 0 Å². The van der Waals surface area contributed by atoms with E-state index < -0.39 is 0 Å². The van der Waals surface area contributed by atoms with Crippen molar-refractivity contribution in [3.8, 4) is 33.9 Å². The molecule has 146 valence electrons. The molecular weight excluding hydrogens is 398 g/mol. The van der Waals surface area contributed by atoms with Crippen LogP contribution in [-0.4, -0.2) is 21.2 Å². The Hall–Kier alpha value is -3.90. The molecule has 2 heterocycles. The number of hydrogen-bond acceptors (Lipinski definition) is 6. The van der Waals surface area contributed by atoms with Crippen molar-refractivity contribution in [2.45, 2.75) is 0 Å². The van der Waals surface area contributed by atoms with E-state index >= 15 is 0 Å². The molecule has 0 fully saturated rings. The molecule has 0 saturated carbocycles. The maximum absolute atomic E-state index is 13.3. The van der Waals surface area contributed by atoms with Gasteiger partial charge in [0, 0.05) is 26.8 Å². The van der Waals surface area contributed by atoms with Gasteiger partial charge < -0.3 is 14.7 Å². The molecule has 0 amide bonds. The number of phenols is 1. The molecule has 0 radical (unpaired) electrons. The molecule has 3 aromatic carbocycles. The molecule has 0 aliphatic carbocycles. The molecule has 5 aromatic rings. The summed E-state index contributed by atoms with van der Waals surface area (Å²) in [5, 5.41) is 24.5. The Labute approximate surface area is 175 Å². The van der Waals surface area contributed by atoms with E-state index in [9.17, 15) is 15.0 Å². The van der Waals surface area contributed by atoms with Crippen LogP contribution in [0.5, 0.6) is 11.5 Å². The second kappa shape index (κ2) is 7.17. The Morgan fingerprint density at radius 3 is 2.33 bits per heavy atom. The van der Waals surface area contributed by atoms with Crippen LogP contribution in [0.2, 0.25) is 0 Å². The van der Waals surface area contributed by atoms with Gasteiger partial charge in [0.2, 0.25) is 5.78 Å². The van der Waals surface area contributed by atoms with Crippen LogP contribution in [0.4, 0.5) is 0 Å². The lowest BCUT2D eigenvalue weighted by Crippen LogP contribution is -2.00. The fraction of sp³-hybridized carbons (Fsp3) is 0. The normalized spacial score (nSPS) is 11.1. The lowest BCUT2D eigenvalue weighted by molar-refractivity contribution is 0.104. The Morgan fingerprint density at radius 1 is 0.900 bits per heavy atom. The Morgan fingerprint density at radius 2 is 1.63 bits per heavy atom. The van der Waals surface area contributed by atoms with Crippen LogP contribution in [0.1, 0.15) is 15.2 Å². The minimum Gasteiger partial charge on any atom is -0.508 e. The number of phenolic OH excluding ortho intramolecular Hbond substituents is 1. The van der Waals surface area contributed by atoms with Gasteiger partial charge in [0.1, 0.15) is 5.75 Å². The van der Waals surface area contributed by atoms with Crippen molar-refractivity contribution in [2.24, 2.45) is 0 Å². The summed E-state index contributed by atoms with van der Waals surface area (Å²) in [4.78, 5) is 13.9. The molecule has 0 aliphatic heterocycles. The van der Waals surface area contributed by atoms with Gasteiger partial charge in [0.25, 0.3) is 0 Å². The van der Waals surface area contributed by atoms with E-state index in [4.69, 9.17) is 4.52 Å². The number of ketones is 1. The molecule has 5 rings (SSSR count). The highest BCUT2D eigenvalue weighted by Gasteiger charge is 2.21. The average molecular weight is 413 g/mol. The van der Waals surface area contributed by atoms with E-state index in [0.29, 0.717) is 21.7 Å². The molecule has 5 nitrogen and oxygen atoms in total. The highest BCUT2D eigenvalue weighted by molar-refractivity contribution is 7.21. The molecule has 0 saturated heterocycles. The van der Waals surface area contributed by atoms with Gasteiger partial charge in [-0.15, -0.1) is 11.3 Å². The van der Waals surface area contributed by atoms with Gasteiger partial charge in [-0.25, -0.2) is 0 Å². The monoisotopic (exact) mass is 413 g/mol. The molecule has 0 bridgehead atoms. The molecule has 0 unspecified atom stereocenters. The van der Waals surface area contributed by atoms with Crippen molar-refractivity contribution in [2.75, 3.05) is 0 Å². The van der Waals surface area contributed by atoms with Crippen LogP contribution in [0.25, 0.3) is 32.5 Å². The summed E-state index contributed by atoms with van der Waals surface area (Å²) in [5.41, 5.74) is 3.36. The zero-order valence-electron chi connectivity index (χ0n) is 15.6. The number of hydrogen-bond donors (Lipinski definition) is 2. The number of thiophene rings is 1. The van der Waals surface area contributed by atoms with Crippen molar-refractivity contribution in [3.63, 3.8) is 0 Å². The highest BCUT2D eigenvalue weighted by Crippen LogP contribution is 2.42. The predicted octanol–water partition coefficient (Wildman–Crippen LogP) is 5.87. The van der Waals surface area contributed by atoms with E-state index in [1.165, 1.54) is 17.6 Å². The maximum Gasteiger partial charge on any atom is 0.203 e. The van der Waals surface area contributed by atoms with E-state index in [-0.39, 0.29) is 17.3 Å². The van der Waals surface area contributed by atoms with Crippen molar-refractivity contribution in [3.05, 3.63) is 89.5 Å². The molecule has 30 heavy (non-hydrogen) atoms. The van der Waals surface area contributed by atoms with Crippen LogP contribution in [-0.2, 0) is 0 Å². The molecular formula is C24H15NO4S. The fourth-order valence-electron chi connectivity index (χ4n) is 3.48. The van der Waals surface area contributed by atoms with E-state index in [1.807, 2.05) is 48.5 Å². The van der Waals surface area contributed by atoms with Gasteiger partial charge in [-0.3, -0.25) is 4.79 Å². The van der Waals surface area contributed by atoms with Crippen molar-refractivity contribution < 1.29 is 19.5 Å². The summed E-state index contributed by atoms with van der Waals surface area (Å²) >= 11 is 1.36. The van der Waals surface area contributed by atoms with Crippen molar-refractivity contribution in [1.82, 2.24) is 5.16 Å². The van der Waals surface area contributed by atoms with E-state index in [0.717, 1.165) is 21.2 Å². The number of aromatic nitrogens is 1. The Bertz CT molecular complexity index is 1370. The van der Waals surface area contributed by atoms with Crippen LogP contribution >= 0.6 is 11.3 Å². The highest BCUT2D eigenvalue weighted by atomic mass is 32.1. The SMILES string of the molecule is O=C(c1ccccc1)c1sc2cc(O)ccc2c1-c1ccc(-c2nocc2O)cc1. The number of rotatable bonds is 4. The number of fused-ring (bicyclic) bond motifs is 1. The second-order valence-corrected chi connectivity index (χ2v) is 7.86. The average Bonchev–Trinajstić information content (AvgIpc) is 3.37. The lowest BCUT2D eigenvalue weighted by atomic mass is 9.97. The summed E-state index contributed by atoms with van der Waals surface area (Å²) in [6, 6.07) is 21.7. The number of carbonyl (C=O) groups is 1. The number of carbonyl (C=O) groups excluding carboxylic acids is 1. The molecule has 2 N–H and O–H groups in total. The smallest absolute Gasteiger partial charge is 0.203 e. The number of aromatic hydroxyl groups is 2. The topological polar surface area (TPSA) is 83.6 Å². The standard InChI is InChI=1S/C24H15NO4S/c26-17-10-11-18-20(12-17)30-24(23(28)16-4-2-1-3-5-16)21(18)14-6-8-15(9-7-14)22-19(27)13-29-25-22/h1-13,26-27H. The van der Waals surface area contributed by atoms with Crippen LogP contribution < -0.4 is 0 Å². The van der Waals surface area contributed by atoms with Gasteiger partial charge >= 0.3 is 0 Å². The largest absolute Gasteiger partial charge is 0.508 e. The maximum atomic E-state index is 13.3. The third kappa shape index (κ3) is 3.03. The summed E-state index contributed by atoms with van der Waals surface area (Å²) < 4.78 is 5.64. The first-order valence-corrected chi connectivity index (χ1v) is 10.0. The summed E-state index contributed by atoms with van der Waals surface area (Å²) in [7, 11) is 0. The predicted molar refractivity (Wildman–Crippen MR) is 116 cm³/mol. The molecule has 6 heteroatoms. The van der Waals surface area contributed by atoms with Gasteiger partial charge in [-0.05, 0) is 23.8 Å². The summed E-state index contributed by atoms with van der Waals surface area (Å²) in [6.45, 7) is 0. The first-order chi connectivity index (χ1) is 14.6. The zero-order chi connectivity index (χ0) is 20.7. The fourth-order valence-corrected chi connectivity index (χ4v) is 4.70. The third-order valence-corrected chi connectivity index (χ3v) is 6.07. The summed E-state index contributed by atoms with van der Waals surface area (Å²) in [5.74, 6) is 0.0644. The van der Waals surface area contributed by atoms with Crippen LogP contribution in [0, 0.1) is 0 Å². The summed E-state index contributed by atoms with van der Waals surface area (Å²) in [6.07, 6.45) is 1.18. The zero-order valence-corrected chi connectivity index (χ0v) is 16.4. The van der Waals surface area contributed by atoms with E-state index in [2.05, 4.69) is 5.16 Å². The van der Waals surface area contributed by atoms with E-state index in [1.54, 1.807) is 24.3 Å². The second-order valence-electron chi connectivity index (χ2n) is 6.81. The molecule has 0 aliphatic rings. The van der Waals surface area contributed by atoms with Crippen molar-refractivity contribution >= 4 is 27.2 Å². The molecule has 0 atom stereocenters. The van der Waals surface area contributed by atoms with Gasteiger partial charge in [0.05, 0.1) is 4.88 Å². The Kier molecular flexibility index (Phi) is 4.34. The Balaban J connectivity index is 1.68. The minimum atomic E-state index is -0.0653. The quantitative estimate of drug-likeness (QED) is 0.360. The minimum absolute atomic E-state index is 0.0286. The first-order valence-electron chi connectivity index (χ1n) is 9.21. The molecule has 0 spiro atoms. The lowest BCUT2D eigenvalue weighted by Gasteiger charge is -2.06. The van der Waals surface area contributed by atoms with Gasteiger partial charge in [-0.2, -0.15) is 0 Å². The number of nitrogens with zero attached hydrogens (tertiary/aromatic N) is 1. The third-order valence-electron chi connectivity index (χ3n) is 4.91. The number of benzene rings is 3. The van der Waals surface area contributed by atoms with Crippen LogP contribution in [0.3, 0.4) is 0 Å². The molecule has 2 aromatic heterocycles. The van der Waals surface area contributed by atoms with Gasteiger partial charge in [0.15, 0.2) is 17.7 Å².